The van der Waals surface area contributed by atoms with Crippen LogP contribution in [0.1, 0.15) is 65.2 Å². The quantitative estimate of drug-likeness (QED) is 0.631. The molecule has 3 heteroatoms. The van der Waals surface area contributed by atoms with Gasteiger partial charge in [0.2, 0.25) is 5.91 Å². The Labute approximate surface area is 118 Å². The number of unbranched alkanes of at least 4 members (excludes halogenated alkanes) is 5. The fourth-order valence-electron chi connectivity index (χ4n) is 2.77. The second-order valence-electron chi connectivity index (χ2n) is 6.05. The van der Waals surface area contributed by atoms with Crippen LogP contribution in [-0.4, -0.2) is 25.5 Å². The van der Waals surface area contributed by atoms with Crippen LogP contribution in [0.4, 0.5) is 0 Å². The zero-order valence-electron chi connectivity index (χ0n) is 12.8. The van der Waals surface area contributed by atoms with Crippen molar-refractivity contribution in [2.24, 2.45) is 11.8 Å². The van der Waals surface area contributed by atoms with Gasteiger partial charge >= 0.3 is 0 Å². The van der Waals surface area contributed by atoms with Crippen molar-refractivity contribution in [3.63, 3.8) is 0 Å². The molecule has 0 bridgehead atoms. The third-order valence-electron chi connectivity index (χ3n) is 4.28. The highest BCUT2D eigenvalue weighted by Gasteiger charge is 2.21. The molecule has 0 spiro atoms. The van der Waals surface area contributed by atoms with Crippen molar-refractivity contribution in [1.29, 1.82) is 0 Å². The van der Waals surface area contributed by atoms with Crippen molar-refractivity contribution >= 4 is 5.91 Å². The Balaban J connectivity index is 1.98. The summed E-state index contributed by atoms with van der Waals surface area (Å²) < 4.78 is 0. The number of piperidine rings is 1. The number of nitrogens with one attached hydrogen (secondary N) is 2. The summed E-state index contributed by atoms with van der Waals surface area (Å²) in [7, 11) is 0. The summed E-state index contributed by atoms with van der Waals surface area (Å²) in [5, 5.41) is 6.52. The molecule has 0 aliphatic carbocycles. The molecule has 1 fully saturated rings. The van der Waals surface area contributed by atoms with E-state index in [1.54, 1.807) is 0 Å². The average molecular weight is 268 g/mol. The minimum Gasteiger partial charge on any atom is -0.356 e. The van der Waals surface area contributed by atoms with Crippen LogP contribution in [0.15, 0.2) is 0 Å². The highest BCUT2D eigenvalue weighted by molar-refractivity contribution is 5.75. The molecule has 1 saturated heterocycles. The van der Waals surface area contributed by atoms with Crippen LogP contribution in [-0.2, 0) is 4.79 Å². The Kier molecular flexibility index (Phi) is 8.89. The minimum absolute atomic E-state index is 0.251. The van der Waals surface area contributed by atoms with Crippen molar-refractivity contribution in [1.82, 2.24) is 10.6 Å². The maximum atomic E-state index is 11.8. The molecule has 0 aromatic heterocycles. The molecule has 0 aromatic carbocycles. The summed E-state index contributed by atoms with van der Waals surface area (Å²) in [6, 6.07) is 0. The number of hydrogen-bond donors (Lipinski definition) is 2. The molecule has 1 rings (SSSR count). The number of rotatable bonds is 9. The highest BCUT2D eigenvalue weighted by atomic mass is 16.1. The van der Waals surface area contributed by atoms with Crippen molar-refractivity contribution in [2.45, 2.75) is 65.2 Å². The third kappa shape index (κ3) is 7.56. The molecule has 1 aliphatic heterocycles. The van der Waals surface area contributed by atoms with E-state index in [0.29, 0.717) is 18.3 Å². The first-order valence-corrected chi connectivity index (χ1v) is 8.21. The molecule has 2 atom stereocenters. The van der Waals surface area contributed by atoms with E-state index in [9.17, 15) is 4.79 Å². The molecule has 1 aliphatic rings. The lowest BCUT2D eigenvalue weighted by Gasteiger charge is -2.29. The van der Waals surface area contributed by atoms with Gasteiger partial charge in [0.15, 0.2) is 0 Å². The van der Waals surface area contributed by atoms with Gasteiger partial charge in [-0.3, -0.25) is 4.79 Å². The van der Waals surface area contributed by atoms with E-state index in [0.717, 1.165) is 26.1 Å². The normalized spacial score (nSPS) is 23.3. The smallest absolute Gasteiger partial charge is 0.220 e. The van der Waals surface area contributed by atoms with Crippen LogP contribution >= 0.6 is 0 Å². The molecule has 0 saturated carbocycles. The summed E-state index contributed by atoms with van der Waals surface area (Å²) in [5.41, 5.74) is 0. The fraction of sp³-hybridized carbons (Fsp3) is 0.938. The predicted molar refractivity (Wildman–Crippen MR) is 81.1 cm³/mol. The zero-order valence-corrected chi connectivity index (χ0v) is 12.8. The van der Waals surface area contributed by atoms with Crippen LogP contribution in [0, 0.1) is 11.8 Å². The van der Waals surface area contributed by atoms with Crippen molar-refractivity contribution in [2.75, 3.05) is 19.6 Å². The summed E-state index contributed by atoms with van der Waals surface area (Å²) >= 11 is 0. The van der Waals surface area contributed by atoms with Gasteiger partial charge in [-0.2, -0.15) is 0 Å². The Morgan fingerprint density at radius 2 is 1.95 bits per heavy atom. The lowest BCUT2D eigenvalue weighted by atomic mass is 9.88. The second kappa shape index (κ2) is 10.2. The largest absolute Gasteiger partial charge is 0.356 e. The van der Waals surface area contributed by atoms with Crippen LogP contribution in [0.3, 0.4) is 0 Å². The van der Waals surface area contributed by atoms with Gasteiger partial charge in [-0.25, -0.2) is 0 Å². The molecule has 1 amide bonds. The van der Waals surface area contributed by atoms with Crippen LogP contribution in [0.2, 0.25) is 0 Å². The van der Waals surface area contributed by atoms with E-state index >= 15 is 0 Å². The summed E-state index contributed by atoms with van der Waals surface area (Å²) in [4.78, 5) is 11.8. The lowest BCUT2D eigenvalue weighted by Crippen LogP contribution is -2.41. The number of amides is 1. The van der Waals surface area contributed by atoms with Gasteiger partial charge in [0.25, 0.3) is 0 Å². The van der Waals surface area contributed by atoms with Crippen molar-refractivity contribution < 1.29 is 4.79 Å². The number of carbonyl (C=O) groups is 1. The summed E-state index contributed by atoms with van der Waals surface area (Å²) in [6.07, 6.45) is 9.39. The van der Waals surface area contributed by atoms with E-state index in [1.807, 2.05) is 0 Å². The Morgan fingerprint density at radius 3 is 2.68 bits per heavy atom. The van der Waals surface area contributed by atoms with Crippen LogP contribution in [0.25, 0.3) is 0 Å². The third-order valence-corrected chi connectivity index (χ3v) is 4.28. The van der Waals surface area contributed by atoms with E-state index in [4.69, 9.17) is 0 Å². The van der Waals surface area contributed by atoms with Gasteiger partial charge in [-0.1, -0.05) is 46.0 Å². The van der Waals surface area contributed by atoms with E-state index in [1.165, 1.54) is 38.5 Å². The lowest BCUT2D eigenvalue weighted by molar-refractivity contribution is -0.121. The first-order valence-electron chi connectivity index (χ1n) is 8.21. The predicted octanol–water partition coefficient (Wildman–Crippen LogP) is 3.10. The molecule has 19 heavy (non-hydrogen) atoms. The molecule has 2 unspecified atom stereocenters. The van der Waals surface area contributed by atoms with Gasteiger partial charge in [0, 0.05) is 13.0 Å². The summed E-state index contributed by atoms with van der Waals surface area (Å²) in [5.74, 6) is 1.60. The van der Waals surface area contributed by atoms with Crippen molar-refractivity contribution in [3.8, 4) is 0 Å². The Bertz CT molecular complexity index is 243. The standard InChI is InChI=1S/C16H32N2O/c1-3-4-5-6-7-8-9-16(19)18-13-15-10-11-17-12-14(15)2/h14-15,17H,3-13H2,1-2H3,(H,18,19). The minimum atomic E-state index is 0.251. The molecule has 0 radical (unpaired) electrons. The van der Waals surface area contributed by atoms with Gasteiger partial charge in [-0.05, 0) is 37.8 Å². The van der Waals surface area contributed by atoms with Gasteiger partial charge in [0.05, 0.1) is 0 Å². The van der Waals surface area contributed by atoms with Gasteiger partial charge in [0.1, 0.15) is 0 Å². The maximum Gasteiger partial charge on any atom is 0.220 e. The average Bonchev–Trinajstić information content (AvgIpc) is 2.42. The van der Waals surface area contributed by atoms with E-state index in [2.05, 4.69) is 24.5 Å². The molecular weight excluding hydrogens is 236 g/mol. The van der Waals surface area contributed by atoms with Crippen LogP contribution in [0.5, 0.6) is 0 Å². The molecule has 112 valence electrons. The zero-order chi connectivity index (χ0) is 13.9. The van der Waals surface area contributed by atoms with Gasteiger partial charge < -0.3 is 10.6 Å². The SMILES string of the molecule is CCCCCCCCC(=O)NCC1CCNCC1C. The topological polar surface area (TPSA) is 41.1 Å². The molecule has 3 nitrogen and oxygen atoms in total. The van der Waals surface area contributed by atoms with E-state index < -0.39 is 0 Å². The molecule has 0 aromatic rings. The first kappa shape index (κ1) is 16.5. The molecular formula is C16H32N2O. The Hall–Kier alpha value is -0.570. The van der Waals surface area contributed by atoms with Crippen LogP contribution < -0.4 is 10.6 Å². The van der Waals surface area contributed by atoms with E-state index in [-0.39, 0.29) is 5.91 Å². The Morgan fingerprint density at radius 1 is 1.21 bits per heavy atom. The molecule has 1 heterocycles. The molecule has 2 N–H and O–H groups in total. The second-order valence-corrected chi connectivity index (χ2v) is 6.05. The highest BCUT2D eigenvalue weighted by Crippen LogP contribution is 2.17. The van der Waals surface area contributed by atoms with Crippen molar-refractivity contribution in [3.05, 3.63) is 0 Å². The fourth-order valence-corrected chi connectivity index (χ4v) is 2.77. The number of carbonyl (C=O) groups excluding carboxylic acids is 1. The monoisotopic (exact) mass is 268 g/mol. The van der Waals surface area contributed by atoms with Gasteiger partial charge in [-0.15, -0.1) is 0 Å². The summed E-state index contributed by atoms with van der Waals surface area (Å²) in [6.45, 7) is 7.57. The number of hydrogen-bond acceptors (Lipinski definition) is 2. The first-order chi connectivity index (χ1) is 9.24. The maximum absolute atomic E-state index is 11.8.